The Kier molecular flexibility index (Phi) is 4.28. The first kappa shape index (κ1) is 12.2. The highest BCUT2D eigenvalue weighted by Gasteiger charge is 2.20. The molecule has 0 saturated carbocycles. The maximum absolute atomic E-state index is 11.5. The number of carbonyl (C=O) groups excluding carboxylic acids is 1. The van der Waals surface area contributed by atoms with Gasteiger partial charge in [-0.2, -0.15) is 5.10 Å². The van der Waals surface area contributed by atoms with Crippen LogP contribution in [0.25, 0.3) is 0 Å². The predicted octanol–water partition coefficient (Wildman–Crippen LogP) is 0.894. The Morgan fingerprint density at radius 3 is 2.87 bits per heavy atom. The summed E-state index contributed by atoms with van der Waals surface area (Å²) >= 11 is 3.28. The van der Waals surface area contributed by atoms with Gasteiger partial charge in [0.1, 0.15) is 0 Å². The molecule has 1 rings (SSSR count). The van der Waals surface area contributed by atoms with Crippen molar-refractivity contribution in [3.05, 3.63) is 15.9 Å². The first-order chi connectivity index (χ1) is 7.11. The minimum absolute atomic E-state index is 0.00210. The van der Waals surface area contributed by atoms with Crippen LogP contribution < -0.4 is 0 Å². The molecule has 6 heteroatoms. The van der Waals surface area contributed by atoms with Crippen molar-refractivity contribution in [3.63, 3.8) is 0 Å². The van der Waals surface area contributed by atoms with Gasteiger partial charge in [0.2, 0.25) is 0 Å². The van der Waals surface area contributed by atoms with Gasteiger partial charge in [0.05, 0.1) is 16.8 Å². The molecule has 0 aliphatic heterocycles. The Morgan fingerprint density at radius 2 is 2.33 bits per heavy atom. The van der Waals surface area contributed by atoms with E-state index in [1.54, 1.807) is 14.0 Å². The van der Waals surface area contributed by atoms with E-state index in [1.807, 2.05) is 0 Å². The fourth-order valence-electron chi connectivity index (χ4n) is 1.24. The molecule has 0 amide bonds. The summed E-state index contributed by atoms with van der Waals surface area (Å²) < 4.78 is 6.94. The smallest absolute Gasteiger partial charge is 0.357 e. The van der Waals surface area contributed by atoms with Crippen molar-refractivity contribution in [2.24, 2.45) is 7.05 Å². The van der Waals surface area contributed by atoms with Crippen LogP contribution in [0.4, 0.5) is 0 Å². The van der Waals surface area contributed by atoms with Crippen LogP contribution in [0.5, 0.6) is 0 Å². The fourth-order valence-corrected chi connectivity index (χ4v) is 1.94. The molecule has 0 bridgehead atoms. The molecular formula is C9H13BrN2O3. The summed E-state index contributed by atoms with van der Waals surface area (Å²) in [5, 5.41) is 12.9. The second-order valence-corrected chi connectivity index (χ2v) is 3.72. The van der Waals surface area contributed by atoms with Crippen LogP contribution >= 0.6 is 15.9 Å². The summed E-state index contributed by atoms with van der Waals surface area (Å²) in [7, 11) is 1.66. The van der Waals surface area contributed by atoms with Gasteiger partial charge in [0.25, 0.3) is 0 Å². The molecular weight excluding hydrogens is 264 g/mol. The number of aliphatic hydroxyl groups excluding tert-OH is 1. The zero-order valence-electron chi connectivity index (χ0n) is 8.66. The van der Waals surface area contributed by atoms with E-state index in [9.17, 15) is 4.79 Å². The zero-order valence-corrected chi connectivity index (χ0v) is 10.2. The van der Waals surface area contributed by atoms with Crippen molar-refractivity contribution in [2.75, 3.05) is 13.2 Å². The van der Waals surface area contributed by atoms with E-state index in [2.05, 4.69) is 21.0 Å². The van der Waals surface area contributed by atoms with Crippen LogP contribution in [0, 0.1) is 0 Å². The largest absolute Gasteiger partial charge is 0.461 e. The number of nitrogens with zero attached hydrogens (tertiary/aromatic N) is 2. The maximum Gasteiger partial charge on any atom is 0.357 e. The van der Waals surface area contributed by atoms with Crippen LogP contribution in [0.15, 0.2) is 4.47 Å². The first-order valence-electron chi connectivity index (χ1n) is 4.61. The number of esters is 1. The topological polar surface area (TPSA) is 64.3 Å². The molecule has 1 aromatic rings. The molecule has 5 nitrogen and oxygen atoms in total. The number of halogens is 1. The Labute approximate surface area is 96.2 Å². The van der Waals surface area contributed by atoms with E-state index in [-0.39, 0.29) is 6.61 Å². The molecule has 0 aliphatic rings. The van der Waals surface area contributed by atoms with Crippen LogP contribution in [0.2, 0.25) is 0 Å². The number of carbonyl (C=O) groups is 1. The first-order valence-corrected chi connectivity index (χ1v) is 5.40. The molecule has 84 valence electrons. The Balaban J connectivity index is 3.02. The molecule has 15 heavy (non-hydrogen) atoms. The van der Waals surface area contributed by atoms with Crippen LogP contribution in [-0.4, -0.2) is 34.1 Å². The van der Waals surface area contributed by atoms with Crippen molar-refractivity contribution in [2.45, 2.75) is 13.3 Å². The summed E-state index contributed by atoms with van der Waals surface area (Å²) in [6.45, 7) is 2.07. The maximum atomic E-state index is 11.5. The monoisotopic (exact) mass is 276 g/mol. The minimum Gasteiger partial charge on any atom is -0.461 e. The lowest BCUT2D eigenvalue weighted by Gasteiger charge is -2.01. The molecule has 0 aromatic carbocycles. The standard InChI is InChI=1S/C9H13BrN2O3/c1-3-15-9(14)8-7(10)6(4-5-13)11-12(8)2/h13H,3-5H2,1-2H3. The number of ether oxygens (including phenoxy) is 1. The van der Waals surface area contributed by atoms with Gasteiger partial charge in [-0.3, -0.25) is 4.68 Å². The predicted molar refractivity (Wildman–Crippen MR) is 57.7 cm³/mol. The van der Waals surface area contributed by atoms with Gasteiger partial charge in [0.15, 0.2) is 5.69 Å². The lowest BCUT2D eigenvalue weighted by molar-refractivity contribution is 0.0512. The van der Waals surface area contributed by atoms with Crippen LogP contribution in [-0.2, 0) is 18.2 Å². The third-order valence-corrected chi connectivity index (χ3v) is 2.71. The molecule has 0 unspecified atom stereocenters. The average Bonchev–Trinajstić information content (AvgIpc) is 2.43. The van der Waals surface area contributed by atoms with E-state index in [4.69, 9.17) is 9.84 Å². The SMILES string of the molecule is CCOC(=O)c1c(Br)c(CCO)nn1C. The van der Waals surface area contributed by atoms with E-state index in [1.165, 1.54) is 4.68 Å². The van der Waals surface area contributed by atoms with Gasteiger partial charge < -0.3 is 9.84 Å². The Hall–Kier alpha value is -0.880. The Bertz CT molecular complexity index is 362. The lowest BCUT2D eigenvalue weighted by Crippen LogP contribution is -2.10. The van der Waals surface area contributed by atoms with Crippen molar-refractivity contribution in [1.29, 1.82) is 0 Å². The second kappa shape index (κ2) is 5.27. The highest BCUT2D eigenvalue weighted by Crippen LogP contribution is 2.22. The molecule has 0 radical (unpaired) electrons. The number of hydrogen-bond donors (Lipinski definition) is 1. The van der Waals surface area contributed by atoms with Crippen molar-refractivity contribution in [1.82, 2.24) is 9.78 Å². The van der Waals surface area contributed by atoms with Crippen molar-refractivity contribution >= 4 is 21.9 Å². The highest BCUT2D eigenvalue weighted by molar-refractivity contribution is 9.10. The highest BCUT2D eigenvalue weighted by atomic mass is 79.9. The quantitative estimate of drug-likeness (QED) is 0.830. The molecule has 0 fully saturated rings. The third kappa shape index (κ3) is 2.57. The second-order valence-electron chi connectivity index (χ2n) is 2.93. The molecule has 1 heterocycles. The molecule has 0 spiro atoms. The van der Waals surface area contributed by atoms with E-state index in [0.29, 0.717) is 28.9 Å². The van der Waals surface area contributed by atoms with Gasteiger partial charge >= 0.3 is 5.97 Å². The fraction of sp³-hybridized carbons (Fsp3) is 0.556. The zero-order chi connectivity index (χ0) is 11.4. The van der Waals surface area contributed by atoms with Crippen LogP contribution in [0.1, 0.15) is 23.1 Å². The van der Waals surface area contributed by atoms with Crippen LogP contribution in [0.3, 0.4) is 0 Å². The van der Waals surface area contributed by atoms with Crippen molar-refractivity contribution < 1.29 is 14.6 Å². The number of hydrogen-bond acceptors (Lipinski definition) is 4. The Morgan fingerprint density at radius 1 is 1.67 bits per heavy atom. The molecule has 0 aliphatic carbocycles. The van der Waals surface area contributed by atoms with Gasteiger partial charge in [-0.05, 0) is 22.9 Å². The summed E-state index contributed by atoms with van der Waals surface area (Å²) in [6, 6.07) is 0. The summed E-state index contributed by atoms with van der Waals surface area (Å²) in [5.41, 5.74) is 1.03. The summed E-state index contributed by atoms with van der Waals surface area (Å²) in [5.74, 6) is -0.413. The minimum atomic E-state index is -0.413. The molecule has 0 saturated heterocycles. The third-order valence-electron chi connectivity index (χ3n) is 1.87. The lowest BCUT2D eigenvalue weighted by atomic mass is 10.3. The van der Waals surface area contributed by atoms with Gasteiger partial charge in [0, 0.05) is 20.1 Å². The number of aromatic nitrogens is 2. The molecule has 1 aromatic heterocycles. The molecule has 0 atom stereocenters. The van der Waals surface area contributed by atoms with Gasteiger partial charge in [-0.15, -0.1) is 0 Å². The van der Waals surface area contributed by atoms with Gasteiger partial charge in [-0.25, -0.2) is 4.79 Å². The van der Waals surface area contributed by atoms with E-state index in [0.717, 1.165) is 0 Å². The van der Waals surface area contributed by atoms with Crippen molar-refractivity contribution in [3.8, 4) is 0 Å². The number of aliphatic hydroxyl groups is 1. The normalized spacial score (nSPS) is 10.4. The average molecular weight is 277 g/mol. The van der Waals surface area contributed by atoms with Gasteiger partial charge in [-0.1, -0.05) is 0 Å². The van der Waals surface area contributed by atoms with E-state index < -0.39 is 5.97 Å². The van der Waals surface area contributed by atoms with E-state index >= 15 is 0 Å². The number of rotatable bonds is 4. The summed E-state index contributed by atoms with van der Waals surface area (Å²) in [4.78, 5) is 11.5. The number of aryl methyl sites for hydroxylation is 1. The summed E-state index contributed by atoms with van der Waals surface area (Å²) in [6.07, 6.45) is 0.411. The molecule has 1 N–H and O–H groups in total.